The van der Waals surface area contributed by atoms with Crippen LogP contribution in [-0.2, 0) is 24.0 Å². The van der Waals surface area contributed by atoms with Crippen LogP contribution in [0.1, 0.15) is 142 Å². The third-order valence-corrected chi connectivity index (χ3v) is 7.12. The zero-order valence-corrected chi connectivity index (χ0v) is 24.7. The number of unbranched alkanes of at least 4 members (excludes halogenated alkanes) is 14. The maximum absolute atomic E-state index is 12.2. The van der Waals surface area contributed by atoms with Crippen molar-refractivity contribution < 1.29 is 34.2 Å². The molecule has 0 bridgehead atoms. The molecule has 0 aromatic carbocycles. The summed E-state index contributed by atoms with van der Waals surface area (Å²) < 4.78 is 0. The summed E-state index contributed by atoms with van der Waals surface area (Å²) in [6.07, 6.45) is 17.9. The minimum atomic E-state index is -1.14. The first kappa shape index (κ1) is 37.5. The van der Waals surface area contributed by atoms with E-state index in [1.807, 2.05) is 0 Å². The van der Waals surface area contributed by atoms with Crippen LogP contribution in [0.4, 0.5) is 0 Å². The van der Waals surface area contributed by atoms with Gasteiger partial charge in [0.1, 0.15) is 11.8 Å². The van der Waals surface area contributed by atoms with Crippen LogP contribution in [0.15, 0.2) is 0 Å². The second-order valence-corrected chi connectivity index (χ2v) is 10.9. The molecule has 0 radical (unpaired) electrons. The van der Waals surface area contributed by atoms with Crippen molar-refractivity contribution >= 4 is 29.5 Å². The smallest absolute Gasteiger partial charge is 0.326 e. The summed E-state index contributed by atoms with van der Waals surface area (Å²) >= 11 is 0. The number of nitrogens with two attached hydrogens (primary N) is 1. The molecule has 0 unspecified atom stereocenters. The summed E-state index contributed by atoms with van der Waals surface area (Å²) in [6, 6.07) is -1.55. The summed E-state index contributed by atoms with van der Waals surface area (Å²) in [6.45, 7) is 1.89. The monoisotopic (exact) mass is 569 g/mol. The minimum Gasteiger partial charge on any atom is -0.481 e. The number of carbonyl (C=O) groups excluding carboxylic acids is 3. The summed E-state index contributed by atoms with van der Waals surface area (Å²) in [5.74, 6) is -2.46. The molecule has 0 heterocycles. The van der Waals surface area contributed by atoms with E-state index in [4.69, 9.17) is 10.8 Å². The average Bonchev–Trinajstić information content (AvgIpc) is 2.89. The fraction of sp³-hybridized carbons (Fsp3) is 0.833. The predicted octanol–water partition coefficient (Wildman–Crippen LogP) is 4.87. The van der Waals surface area contributed by atoms with Gasteiger partial charge in [-0.3, -0.25) is 19.2 Å². The lowest BCUT2D eigenvalue weighted by molar-refractivity contribution is -0.142. The van der Waals surface area contributed by atoms with Gasteiger partial charge >= 0.3 is 11.9 Å². The molecule has 0 rings (SSSR count). The van der Waals surface area contributed by atoms with Gasteiger partial charge in [-0.15, -0.1) is 0 Å². The first-order valence-electron chi connectivity index (χ1n) is 15.4. The summed E-state index contributed by atoms with van der Waals surface area (Å²) in [7, 11) is 0. The zero-order chi connectivity index (χ0) is 30.0. The van der Waals surface area contributed by atoms with E-state index < -0.39 is 24.0 Å². The zero-order valence-electron chi connectivity index (χ0n) is 24.7. The largest absolute Gasteiger partial charge is 0.481 e. The first-order valence-corrected chi connectivity index (χ1v) is 15.4. The third kappa shape index (κ3) is 24.5. The molecule has 0 saturated heterocycles. The molecular weight excluding hydrogens is 514 g/mol. The standard InChI is InChI=1S/C30H55N3O7/c1-24(34)25(31)18-16-17-23-32-27(35)22-21-26(30(39)40)33-28(36)19-14-12-10-8-6-4-2-3-5-7-9-11-13-15-20-29(37)38/h25-26H,2-23,31H2,1H3,(H,32,35)(H,33,36)(H,37,38)(H,39,40)/t25-,26-/m0/s1. The van der Waals surface area contributed by atoms with Gasteiger partial charge in [-0.2, -0.15) is 0 Å². The number of aliphatic carboxylic acids is 2. The van der Waals surface area contributed by atoms with E-state index in [2.05, 4.69) is 10.6 Å². The lowest BCUT2D eigenvalue weighted by atomic mass is 10.0. The molecule has 10 heteroatoms. The van der Waals surface area contributed by atoms with Crippen LogP contribution in [-0.4, -0.2) is 58.4 Å². The number of hydrogen-bond donors (Lipinski definition) is 5. The highest BCUT2D eigenvalue weighted by molar-refractivity contribution is 5.84. The Balaban J connectivity index is 3.69. The van der Waals surface area contributed by atoms with Crippen LogP contribution in [0.2, 0.25) is 0 Å². The normalized spacial score (nSPS) is 12.4. The number of carbonyl (C=O) groups is 5. The Labute approximate surface area is 240 Å². The number of hydrogen-bond acceptors (Lipinski definition) is 6. The highest BCUT2D eigenvalue weighted by Gasteiger charge is 2.20. The molecule has 0 aliphatic carbocycles. The SMILES string of the molecule is CC(=O)[C@@H](N)CCCCNC(=O)CC[C@H](NC(=O)CCCCCCCCCCCCCCCCC(=O)O)C(=O)O. The number of carboxylic acid groups (broad SMARTS) is 2. The van der Waals surface area contributed by atoms with Crippen molar-refractivity contribution in [3.05, 3.63) is 0 Å². The number of nitrogens with one attached hydrogen (secondary N) is 2. The molecule has 2 atom stereocenters. The first-order chi connectivity index (χ1) is 19.1. The lowest BCUT2D eigenvalue weighted by Crippen LogP contribution is -2.41. The van der Waals surface area contributed by atoms with E-state index in [0.717, 1.165) is 51.4 Å². The summed E-state index contributed by atoms with van der Waals surface area (Å²) in [4.78, 5) is 57.2. The fourth-order valence-electron chi connectivity index (χ4n) is 4.49. The van der Waals surface area contributed by atoms with E-state index in [1.54, 1.807) is 0 Å². The third-order valence-electron chi connectivity index (χ3n) is 7.12. The highest BCUT2D eigenvalue weighted by atomic mass is 16.4. The second kappa shape index (κ2) is 25.5. The number of carboxylic acids is 2. The van der Waals surface area contributed by atoms with Crippen LogP contribution in [0, 0.1) is 0 Å². The molecule has 40 heavy (non-hydrogen) atoms. The van der Waals surface area contributed by atoms with Crippen LogP contribution in [0.5, 0.6) is 0 Å². The van der Waals surface area contributed by atoms with Crippen molar-refractivity contribution in [1.29, 1.82) is 0 Å². The van der Waals surface area contributed by atoms with Gasteiger partial charge in [0.05, 0.1) is 6.04 Å². The molecule has 0 saturated carbocycles. The van der Waals surface area contributed by atoms with Crippen molar-refractivity contribution in [2.45, 2.75) is 154 Å². The van der Waals surface area contributed by atoms with Crippen LogP contribution in [0.3, 0.4) is 0 Å². The van der Waals surface area contributed by atoms with Crippen molar-refractivity contribution in [1.82, 2.24) is 10.6 Å². The van der Waals surface area contributed by atoms with Gasteiger partial charge in [0, 0.05) is 25.8 Å². The van der Waals surface area contributed by atoms with Gasteiger partial charge in [-0.05, 0) is 45.4 Å². The van der Waals surface area contributed by atoms with Crippen LogP contribution >= 0.6 is 0 Å². The van der Waals surface area contributed by atoms with Gasteiger partial charge in [0.2, 0.25) is 11.8 Å². The number of rotatable bonds is 28. The van der Waals surface area contributed by atoms with Gasteiger partial charge in [-0.1, -0.05) is 77.0 Å². The van der Waals surface area contributed by atoms with E-state index in [9.17, 15) is 29.1 Å². The van der Waals surface area contributed by atoms with Gasteiger partial charge in [-0.25, -0.2) is 4.79 Å². The molecule has 0 aliphatic rings. The van der Waals surface area contributed by atoms with Crippen LogP contribution in [0.25, 0.3) is 0 Å². The fourth-order valence-corrected chi connectivity index (χ4v) is 4.49. The molecule has 232 valence electrons. The maximum Gasteiger partial charge on any atom is 0.326 e. The van der Waals surface area contributed by atoms with E-state index >= 15 is 0 Å². The van der Waals surface area contributed by atoms with Gasteiger partial charge < -0.3 is 26.6 Å². The molecule has 2 amide bonds. The molecular formula is C30H55N3O7. The Morgan fingerprint density at radius 1 is 0.600 bits per heavy atom. The van der Waals surface area contributed by atoms with Crippen molar-refractivity contribution in [2.24, 2.45) is 5.73 Å². The van der Waals surface area contributed by atoms with Crippen molar-refractivity contribution in [3.8, 4) is 0 Å². The quantitative estimate of drug-likeness (QED) is 0.0829. The molecule has 10 nitrogen and oxygen atoms in total. The van der Waals surface area contributed by atoms with Crippen molar-refractivity contribution in [3.63, 3.8) is 0 Å². The molecule has 0 fully saturated rings. The molecule has 6 N–H and O–H groups in total. The van der Waals surface area contributed by atoms with Gasteiger partial charge in [0.25, 0.3) is 0 Å². The average molecular weight is 570 g/mol. The second-order valence-electron chi connectivity index (χ2n) is 10.9. The molecule has 0 aliphatic heterocycles. The Morgan fingerprint density at radius 2 is 1.07 bits per heavy atom. The van der Waals surface area contributed by atoms with E-state index in [1.165, 1.54) is 51.9 Å². The maximum atomic E-state index is 12.2. The van der Waals surface area contributed by atoms with Crippen LogP contribution < -0.4 is 16.4 Å². The Bertz CT molecular complexity index is 730. The van der Waals surface area contributed by atoms with Crippen molar-refractivity contribution in [2.75, 3.05) is 6.54 Å². The number of ketones is 1. The Kier molecular flexibility index (Phi) is 23.9. The van der Waals surface area contributed by atoms with E-state index in [0.29, 0.717) is 19.4 Å². The number of Topliss-reactive ketones (excluding diaryl/α,β-unsaturated/α-hetero) is 1. The Morgan fingerprint density at radius 3 is 1.52 bits per heavy atom. The molecule has 0 spiro atoms. The molecule has 0 aromatic rings. The number of amides is 2. The topological polar surface area (TPSA) is 176 Å². The predicted molar refractivity (Wildman–Crippen MR) is 156 cm³/mol. The lowest BCUT2D eigenvalue weighted by Gasteiger charge is -2.14. The Hall–Kier alpha value is -2.49. The highest BCUT2D eigenvalue weighted by Crippen LogP contribution is 2.14. The van der Waals surface area contributed by atoms with E-state index in [-0.39, 0.29) is 43.3 Å². The minimum absolute atomic E-state index is 0.0127. The molecule has 0 aromatic heterocycles. The van der Waals surface area contributed by atoms with Gasteiger partial charge in [0.15, 0.2) is 0 Å². The summed E-state index contributed by atoms with van der Waals surface area (Å²) in [5, 5.41) is 23.3. The summed E-state index contributed by atoms with van der Waals surface area (Å²) in [5.41, 5.74) is 5.67.